The molecule has 0 amide bonds. The molecule has 0 aromatic rings. The second-order valence-corrected chi connectivity index (χ2v) is 3.79. The van der Waals surface area contributed by atoms with Crippen LogP contribution in [0.5, 0.6) is 0 Å². The minimum atomic E-state index is 0.694. The summed E-state index contributed by atoms with van der Waals surface area (Å²) in [6, 6.07) is 0. The van der Waals surface area contributed by atoms with Crippen molar-refractivity contribution in [3.63, 3.8) is 0 Å². The van der Waals surface area contributed by atoms with Crippen molar-refractivity contribution in [1.82, 2.24) is 4.90 Å². The number of rotatable bonds is 1. The van der Waals surface area contributed by atoms with Crippen molar-refractivity contribution >= 4 is 0 Å². The van der Waals surface area contributed by atoms with Crippen molar-refractivity contribution in [1.29, 1.82) is 0 Å². The molecule has 0 aromatic carbocycles. The first-order valence-corrected chi connectivity index (χ1v) is 3.93. The van der Waals surface area contributed by atoms with Gasteiger partial charge in [-0.05, 0) is 39.3 Å². The van der Waals surface area contributed by atoms with Gasteiger partial charge in [-0.3, -0.25) is 0 Å². The third-order valence-corrected chi connectivity index (χ3v) is 3.25. The van der Waals surface area contributed by atoms with E-state index in [4.69, 9.17) is 0 Å². The van der Waals surface area contributed by atoms with Crippen LogP contribution >= 0.6 is 0 Å². The maximum Gasteiger partial charge on any atom is 0.0235 e. The van der Waals surface area contributed by atoms with E-state index in [1.807, 2.05) is 0 Å². The van der Waals surface area contributed by atoms with Crippen LogP contribution in [-0.2, 0) is 0 Å². The van der Waals surface area contributed by atoms with Gasteiger partial charge in [-0.2, -0.15) is 0 Å². The Morgan fingerprint density at radius 2 is 2.22 bits per heavy atom. The molecule has 0 bridgehead atoms. The Kier molecular flexibility index (Phi) is 0.963. The molecule has 0 aromatic heterocycles. The molecule has 2 rings (SSSR count). The highest BCUT2D eigenvalue weighted by Gasteiger charge is 2.58. The van der Waals surface area contributed by atoms with E-state index in [9.17, 15) is 0 Å². The van der Waals surface area contributed by atoms with Crippen molar-refractivity contribution < 1.29 is 0 Å². The largest absolute Gasteiger partial charge is 0.303 e. The summed E-state index contributed by atoms with van der Waals surface area (Å²) >= 11 is 0. The summed E-state index contributed by atoms with van der Waals surface area (Å²) in [5, 5.41) is 0. The Hall–Kier alpha value is -0.0400. The van der Waals surface area contributed by atoms with Gasteiger partial charge < -0.3 is 4.90 Å². The SMILES string of the molecule is CN(C)C12CCCC1C2. The van der Waals surface area contributed by atoms with Crippen molar-refractivity contribution in [2.24, 2.45) is 5.92 Å². The normalized spacial score (nSPS) is 47.7. The molecule has 2 saturated carbocycles. The molecule has 0 heterocycles. The fraction of sp³-hybridized carbons (Fsp3) is 1.00. The first kappa shape index (κ1) is 5.72. The topological polar surface area (TPSA) is 3.24 Å². The highest BCUT2D eigenvalue weighted by Crippen LogP contribution is 2.58. The fourth-order valence-corrected chi connectivity index (χ4v) is 2.47. The van der Waals surface area contributed by atoms with Gasteiger partial charge in [-0.1, -0.05) is 6.42 Å². The number of fused-ring (bicyclic) bond motifs is 1. The van der Waals surface area contributed by atoms with E-state index in [1.165, 1.54) is 25.7 Å². The van der Waals surface area contributed by atoms with E-state index in [1.54, 1.807) is 0 Å². The van der Waals surface area contributed by atoms with Crippen LogP contribution in [0.3, 0.4) is 0 Å². The average Bonchev–Trinajstić information content (AvgIpc) is 2.38. The summed E-state index contributed by atoms with van der Waals surface area (Å²) in [7, 11) is 4.46. The quantitative estimate of drug-likeness (QED) is 0.513. The van der Waals surface area contributed by atoms with Crippen LogP contribution in [0.4, 0.5) is 0 Å². The standard InChI is InChI=1S/C8H15N/c1-9(2)8-5-3-4-7(8)6-8/h7H,3-6H2,1-2H3. The molecule has 0 radical (unpaired) electrons. The van der Waals surface area contributed by atoms with Gasteiger partial charge in [-0.15, -0.1) is 0 Å². The van der Waals surface area contributed by atoms with Crippen LogP contribution in [-0.4, -0.2) is 24.5 Å². The first-order valence-electron chi connectivity index (χ1n) is 3.93. The van der Waals surface area contributed by atoms with Gasteiger partial charge in [-0.25, -0.2) is 0 Å². The minimum absolute atomic E-state index is 0.694. The fourth-order valence-electron chi connectivity index (χ4n) is 2.47. The highest BCUT2D eigenvalue weighted by molar-refractivity contribution is 5.13. The molecule has 1 nitrogen and oxygen atoms in total. The third-order valence-electron chi connectivity index (χ3n) is 3.25. The first-order chi connectivity index (χ1) is 4.26. The van der Waals surface area contributed by atoms with Gasteiger partial charge >= 0.3 is 0 Å². The van der Waals surface area contributed by atoms with Crippen LogP contribution in [0.25, 0.3) is 0 Å². The van der Waals surface area contributed by atoms with Crippen molar-refractivity contribution in [3.8, 4) is 0 Å². The van der Waals surface area contributed by atoms with Gasteiger partial charge in [0.2, 0.25) is 0 Å². The van der Waals surface area contributed by atoms with E-state index >= 15 is 0 Å². The van der Waals surface area contributed by atoms with Crippen LogP contribution in [0, 0.1) is 5.92 Å². The van der Waals surface area contributed by atoms with E-state index in [2.05, 4.69) is 19.0 Å². The molecule has 0 saturated heterocycles. The lowest BCUT2D eigenvalue weighted by molar-refractivity contribution is 0.261. The number of nitrogens with zero attached hydrogens (tertiary/aromatic N) is 1. The Balaban J connectivity index is 2.10. The smallest absolute Gasteiger partial charge is 0.0235 e. The molecule has 2 fully saturated rings. The van der Waals surface area contributed by atoms with Gasteiger partial charge in [0, 0.05) is 5.54 Å². The Morgan fingerprint density at radius 3 is 2.44 bits per heavy atom. The second-order valence-electron chi connectivity index (χ2n) is 3.79. The maximum atomic E-state index is 2.44. The van der Waals surface area contributed by atoms with Gasteiger partial charge in [0.1, 0.15) is 0 Å². The summed E-state index contributed by atoms with van der Waals surface area (Å²) in [5.74, 6) is 1.08. The minimum Gasteiger partial charge on any atom is -0.303 e. The van der Waals surface area contributed by atoms with E-state index in [-0.39, 0.29) is 0 Å². The molecule has 0 aliphatic heterocycles. The zero-order chi connectivity index (χ0) is 6.48. The van der Waals surface area contributed by atoms with E-state index in [0.717, 1.165) is 5.92 Å². The molecule has 2 atom stereocenters. The molecule has 2 aliphatic carbocycles. The lowest BCUT2D eigenvalue weighted by Crippen LogP contribution is -2.29. The summed E-state index contributed by atoms with van der Waals surface area (Å²) < 4.78 is 0. The van der Waals surface area contributed by atoms with Gasteiger partial charge in [0.15, 0.2) is 0 Å². The van der Waals surface area contributed by atoms with Gasteiger partial charge in [0.05, 0.1) is 0 Å². The number of hydrogen-bond acceptors (Lipinski definition) is 1. The molecule has 2 unspecified atom stereocenters. The third kappa shape index (κ3) is 0.586. The summed E-state index contributed by atoms with van der Waals surface area (Å²) in [6.45, 7) is 0. The van der Waals surface area contributed by atoms with Crippen LogP contribution in [0.2, 0.25) is 0 Å². The average molecular weight is 125 g/mol. The summed E-state index contributed by atoms with van der Waals surface area (Å²) in [6.07, 6.45) is 5.92. The molecule has 0 spiro atoms. The van der Waals surface area contributed by atoms with E-state index in [0.29, 0.717) is 5.54 Å². The van der Waals surface area contributed by atoms with Crippen LogP contribution in [0.15, 0.2) is 0 Å². The van der Waals surface area contributed by atoms with Crippen molar-refractivity contribution in [2.75, 3.05) is 14.1 Å². The maximum absolute atomic E-state index is 2.44. The zero-order valence-corrected chi connectivity index (χ0v) is 6.35. The Morgan fingerprint density at radius 1 is 1.44 bits per heavy atom. The molecule has 9 heavy (non-hydrogen) atoms. The molecule has 2 aliphatic rings. The number of hydrogen-bond donors (Lipinski definition) is 0. The zero-order valence-electron chi connectivity index (χ0n) is 6.35. The van der Waals surface area contributed by atoms with Crippen LogP contribution in [0.1, 0.15) is 25.7 Å². The van der Waals surface area contributed by atoms with Crippen LogP contribution < -0.4 is 0 Å². The van der Waals surface area contributed by atoms with Gasteiger partial charge in [0.25, 0.3) is 0 Å². The monoisotopic (exact) mass is 125 g/mol. The predicted octanol–water partition coefficient (Wildman–Crippen LogP) is 1.49. The predicted molar refractivity (Wildman–Crippen MR) is 38.4 cm³/mol. The molecular formula is C8H15N. The Bertz CT molecular complexity index is 127. The molecule has 1 heteroatoms. The van der Waals surface area contributed by atoms with E-state index < -0.39 is 0 Å². The lowest BCUT2D eigenvalue weighted by Gasteiger charge is -2.20. The second kappa shape index (κ2) is 1.51. The Labute approximate surface area is 57.0 Å². The molecule has 52 valence electrons. The lowest BCUT2D eigenvalue weighted by atomic mass is 10.2. The highest BCUT2D eigenvalue weighted by atomic mass is 15.2. The summed E-state index contributed by atoms with van der Waals surface area (Å²) in [4.78, 5) is 2.44. The van der Waals surface area contributed by atoms with Crippen molar-refractivity contribution in [2.45, 2.75) is 31.2 Å². The molecular weight excluding hydrogens is 110 g/mol. The van der Waals surface area contributed by atoms with Crippen molar-refractivity contribution in [3.05, 3.63) is 0 Å². The molecule has 0 N–H and O–H groups in total. The summed E-state index contributed by atoms with van der Waals surface area (Å²) in [5.41, 5.74) is 0.694.